The topological polar surface area (TPSA) is 58.6 Å². The Hall–Kier alpha value is -1.69. The number of nitrogens with zero attached hydrogens (tertiary/aromatic N) is 1. The Morgan fingerprint density at radius 3 is 2.56 bits per heavy atom. The monoisotopic (exact) mass is 364 g/mol. The van der Waals surface area contributed by atoms with Crippen LogP contribution in [-0.4, -0.2) is 55.2 Å². The Morgan fingerprint density at radius 2 is 1.96 bits per heavy atom. The second-order valence-corrected chi connectivity index (χ2v) is 7.41. The Morgan fingerprint density at radius 1 is 1.28 bits per heavy atom. The number of likely N-dealkylation sites (tertiary alicyclic amines) is 1. The summed E-state index contributed by atoms with van der Waals surface area (Å²) in [7, 11) is 1.36. The molecule has 6 heteroatoms. The van der Waals surface area contributed by atoms with Crippen LogP contribution in [-0.2, 0) is 16.0 Å². The van der Waals surface area contributed by atoms with Crippen molar-refractivity contribution < 1.29 is 14.3 Å². The lowest BCUT2D eigenvalue weighted by Gasteiger charge is -2.33. The summed E-state index contributed by atoms with van der Waals surface area (Å²) in [6.07, 6.45) is 5.62. The molecule has 1 N–H and O–H groups in total. The van der Waals surface area contributed by atoms with Crippen molar-refractivity contribution in [2.24, 2.45) is 5.92 Å². The fourth-order valence-corrected chi connectivity index (χ4v) is 3.63. The number of hydrogen-bond acceptors (Lipinski definition) is 4. The number of hydrogen-bond donors (Lipinski definition) is 1. The van der Waals surface area contributed by atoms with E-state index in [0.717, 1.165) is 38.1 Å². The summed E-state index contributed by atoms with van der Waals surface area (Å²) in [6, 6.07) is 9.77. The lowest BCUT2D eigenvalue weighted by molar-refractivity contribution is -0.142. The molecular weight excluding hydrogens is 336 g/mol. The molecule has 0 bridgehead atoms. The summed E-state index contributed by atoms with van der Waals surface area (Å²) in [5, 5.41) is 2.84. The van der Waals surface area contributed by atoms with Crippen molar-refractivity contribution in [1.82, 2.24) is 10.2 Å². The summed E-state index contributed by atoms with van der Waals surface area (Å²) in [5.41, 5.74) is 1.35. The van der Waals surface area contributed by atoms with Gasteiger partial charge in [-0.05, 0) is 49.2 Å². The van der Waals surface area contributed by atoms with E-state index in [-0.39, 0.29) is 12.0 Å². The minimum Gasteiger partial charge on any atom is -0.467 e. The summed E-state index contributed by atoms with van der Waals surface area (Å²) < 4.78 is 4.80. The van der Waals surface area contributed by atoms with Gasteiger partial charge in [0.15, 0.2) is 0 Å². The minimum absolute atomic E-state index is 0.158. The molecule has 2 rings (SSSR count). The number of urea groups is 1. The van der Waals surface area contributed by atoms with E-state index in [1.807, 2.05) is 17.2 Å². The average Bonchev–Trinajstić information content (AvgIpc) is 2.65. The van der Waals surface area contributed by atoms with Crippen molar-refractivity contribution in [3.05, 3.63) is 35.9 Å². The molecule has 1 aromatic carbocycles. The van der Waals surface area contributed by atoms with Crippen LogP contribution in [0.3, 0.4) is 0 Å². The van der Waals surface area contributed by atoms with Gasteiger partial charge in [-0.1, -0.05) is 30.3 Å². The summed E-state index contributed by atoms with van der Waals surface area (Å²) in [5.74, 6) is 1.04. The van der Waals surface area contributed by atoms with Gasteiger partial charge in [0.2, 0.25) is 0 Å². The molecule has 1 saturated heterocycles. The first kappa shape index (κ1) is 19.6. The molecule has 0 saturated carbocycles. The molecule has 1 aliphatic heterocycles. The summed E-state index contributed by atoms with van der Waals surface area (Å²) in [4.78, 5) is 26.1. The van der Waals surface area contributed by atoms with Crippen molar-refractivity contribution in [2.75, 3.05) is 32.2 Å². The maximum absolute atomic E-state index is 12.5. The third-order valence-corrected chi connectivity index (χ3v) is 5.31. The van der Waals surface area contributed by atoms with Crippen LogP contribution in [0.4, 0.5) is 4.79 Å². The predicted octanol–water partition coefficient (Wildman–Crippen LogP) is 2.95. The van der Waals surface area contributed by atoms with E-state index in [4.69, 9.17) is 4.74 Å². The summed E-state index contributed by atoms with van der Waals surface area (Å²) in [6.45, 7) is 1.47. The number of ether oxygens (including phenoxy) is 1. The molecular formula is C19H28N2O3S. The molecule has 0 unspecified atom stereocenters. The highest BCUT2D eigenvalue weighted by molar-refractivity contribution is 7.98. The molecule has 1 heterocycles. The fraction of sp³-hybridized carbons (Fsp3) is 0.579. The van der Waals surface area contributed by atoms with Crippen molar-refractivity contribution in [3.8, 4) is 0 Å². The van der Waals surface area contributed by atoms with Gasteiger partial charge in [-0.25, -0.2) is 9.59 Å². The highest BCUT2D eigenvalue weighted by Crippen LogP contribution is 2.21. The number of rotatable bonds is 7. The SMILES string of the molecule is COC(=O)[C@@H](CCSC)NC(=O)N1CCC(Cc2ccccc2)CC1. The van der Waals surface area contributed by atoms with Gasteiger partial charge in [0.05, 0.1) is 7.11 Å². The molecule has 1 atom stereocenters. The molecule has 1 aromatic rings. The third-order valence-electron chi connectivity index (χ3n) is 4.66. The normalized spacial score (nSPS) is 16.3. The van der Waals surface area contributed by atoms with Crippen LogP contribution < -0.4 is 5.32 Å². The van der Waals surface area contributed by atoms with E-state index in [1.165, 1.54) is 12.7 Å². The third kappa shape index (κ3) is 6.27. The van der Waals surface area contributed by atoms with Crippen LogP contribution >= 0.6 is 11.8 Å². The number of esters is 1. The predicted molar refractivity (Wildman–Crippen MR) is 102 cm³/mol. The van der Waals surface area contributed by atoms with Gasteiger partial charge in [-0.3, -0.25) is 0 Å². The summed E-state index contributed by atoms with van der Waals surface area (Å²) >= 11 is 1.65. The first-order valence-electron chi connectivity index (χ1n) is 8.80. The highest BCUT2D eigenvalue weighted by Gasteiger charge is 2.27. The van der Waals surface area contributed by atoms with Gasteiger partial charge in [0.1, 0.15) is 6.04 Å². The molecule has 25 heavy (non-hydrogen) atoms. The number of carbonyl (C=O) groups is 2. The van der Waals surface area contributed by atoms with E-state index in [0.29, 0.717) is 12.3 Å². The first-order chi connectivity index (χ1) is 12.1. The van der Waals surface area contributed by atoms with Crippen LogP contribution in [0, 0.1) is 5.92 Å². The number of methoxy groups -OCH3 is 1. The number of nitrogens with one attached hydrogen (secondary N) is 1. The van der Waals surface area contributed by atoms with E-state index < -0.39 is 6.04 Å². The largest absolute Gasteiger partial charge is 0.467 e. The molecule has 0 spiro atoms. The van der Waals surface area contributed by atoms with Crippen molar-refractivity contribution >= 4 is 23.8 Å². The Bertz CT molecular complexity index is 545. The zero-order chi connectivity index (χ0) is 18.1. The van der Waals surface area contributed by atoms with Crippen LogP contribution in [0.5, 0.6) is 0 Å². The van der Waals surface area contributed by atoms with Crippen LogP contribution in [0.15, 0.2) is 30.3 Å². The lowest BCUT2D eigenvalue weighted by Crippen LogP contribution is -2.50. The van der Waals surface area contributed by atoms with Crippen molar-refractivity contribution in [3.63, 3.8) is 0 Å². The molecule has 1 aliphatic rings. The van der Waals surface area contributed by atoms with Crippen molar-refractivity contribution in [2.45, 2.75) is 31.7 Å². The molecule has 0 aliphatic carbocycles. The van der Waals surface area contributed by atoms with Gasteiger partial charge in [-0.15, -0.1) is 0 Å². The molecule has 2 amide bonds. The second-order valence-electron chi connectivity index (χ2n) is 6.43. The van der Waals surface area contributed by atoms with E-state index in [9.17, 15) is 9.59 Å². The Balaban J connectivity index is 1.80. The molecule has 0 radical (unpaired) electrons. The number of piperidine rings is 1. The number of benzene rings is 1. The molecule has 1 fully saturated rings. The number of amides is 2. The first-order valence-corrected chi connectivity index (χ1v) is 10.2. The smallest absolute Gasteiger partial charge is 0.328 e. The molecule has 138 valence electrons. The molecule has 0 aromatic heterocycles. The van der Waals surface area contributed by atoms with Gasteiger partial charge in [0, 0.05) is 13.1 Å². The Kier molecular flexibility index (Phi) is 8.12. The van der Waals surface area contributed by atoms with E-state index >= 15 is 0 Å². The minimum atomic E-state index is -0.563. The second kappa shape index (κ2) is 10.3. The maximum Gasteiger partial charge on any atom is 0.328 e. The molecule has 5 nitrogen and oxygen atoms in total. The van der Waals surface area contributed by atoms with Gasteiger partial charge in [0.25, 0.3) is 0 Å². The zero-order valence-electron chi connectivity index (χ0n) is 15.1. The highest BCUT2D eigenvalue weighted by atomic mass is 32.2. The maximum atomic E-state index is 12.5. The van der Waals surface area contributed by atoms with Crippen molar-refractivity contribution in [1.29, 1.82) is 0 Å². The fourth-order valence-electron chi connectivity index (χ4n) is 3.15. The quantitative estimate of drug-likeness (QED) is 0.756. The number of thioether (sulfide) groups is 1. The Labute approximate surface area is 154 Å². The van der Waals surface area contributed by atoms with Gasteiger partial charge >= 0.3 is 12.0 Å². The van der Waals surface area contributed by atoms with Crippen LogP contribution in [0.2, 0.25) is 0 Å². The van der Waals surface area contributed by atoms with Crippen LogP contribution in [0.1, 0.15) is 24.8 Å². The zero-order valence-corrected chi connectivity index (χ0v) is 15.9. The van der Waals surface area contributed by atoms with E-state index in [2.05, 4.69) is 29.6 Å². The van der Waals surface area contributed by atoms with Gasteiger partial charge in [-0.2, -0.15) is 11.8 Å². The number of carbonyl (C=O) groups excluding carboxylic acids is 2. The van der Waals surface area contributed by atoms with Crippen LogP contribution in [0.25, 0.3) is 0 Å². The standard InChI is InChI=1S/C19H28N2O3S/c1-24-18(22)17(10-13-25-2)20-19(23)21-11-8-16(9-12-21)14-15-6-4-3-5-7-15/h3-7,16-17H,8-14H2,1-2H3,(H,20,23)/t17-/m1/s1. The average molecular weight is 365 g/mol. The van der Waals surface area contributed by atoms with Gasteiger partial charge < -0.3 is 15.0 Å². The lowest BCUT2D eigenvalue weighted by atomic mass is 9.90. The van der Waals surface area contributed by atoms with E-state index in [1.54, 1.807) is 11.8 Å².